The van der Waals surface area contributed by atoms with Crippen molar-refractivity contribution >= 4 is 11.6 Å². The highest BCUT2D eigenvalue weighted by atomic mass is 35.5. The van der Waals surface area contributed by atoms with Gasteiger partial charge in [0.1, 0.15) is 5.75 Å². The van der Waals surface area contributed by atoms with Crippen molar-refractivity contribution in [3.05, 3.63) is 40.9 Å². The largest absolute Gasteiger partial charge is 0.493 e. The fourth-order valence-corrected chi connectivity index (χ4v) is 2.36. The van der Waals surface area contributed by atoms with E-state index in [1.807, 2.05) is 25.1 Å². The van der Waals surface area contributed by atoms with Gasteiger partial charge in [-0.1, -0.05) is 23.8 Å². The van der Waals surface area contributed by atoms with E-state index in [9.17, 15) is 0 Å². The molecule has 1 aromatic carbocycles. The number of halogens is 1. The molecule has 0 radical (unpaired) electrons. The van der Waals surface area contributed by atoms with E-state index in [0.717, 1.165) is 42.5 Å². The molecular weight excluding hydrogens is 246 g/mol. The Hall–Kier alpha value is -0.990. The highest BCUT2D eigenvalue weighted by Crippen LogP contribution is 2.21. The highest BCUT2D eigenvalue weighted by Gasteiger charge is 2.05. The summed E-state index contributed by atoms with van der Waals surface area (Å²) < 4.78 is 5.78. The molecular formula is C15H20ClNO. The maximum atomic E-state index is 5.91. The second-order valence-corrected chi connectivity index (χ2v) is 5.11. The fourth-order valence-electron chi connectivity index (χ4n) is 2.14. The summed E-state index contributed by atoms with van der Waals surface area (Å²) in [5.41, 5.74) is 1.10. The molecule has 0 aromatic heterocycles. The second-order valence-electron chi connectivity index (χ2n) is 4.67. The van der Waals surface area contributed by atoms with Crippen LogP contribution in [-0.4, -0.2) is 31.1 Å². The van der Waals surface area contributed by atoms with Crippen LogP contribution in [0.25, 0.3) is 0 Å². The molecule has 2 rings (SSSR count). The molecule has 0 N–H and O–H groups in total. The maximum Gasteiger partial charge on any atom is 0.122 e. The summed E-state index contributed by atoms with van der Waals surface area (Å²) in [6, 6.07) is 5.76. The smallest absolute Gasteiger partial charge is 0.122 e. The molecule has 0 saturated heterocycles. The van der Waals surface area contributed by atoms with Crippen LogP contribution in [0.5, 0.6) is 5.75 Å². The van der Waals surface area contributed by atoms with Crippen LogP contribution in [0.2, 0.25) is 5.02 Å². The Labute approximate surface area is 114 Å². The van der Waals surface area contributed by atoms with Gasteiger partial charge in [0.15, 0.2) is 0 Å². The summed E-state index contributed by atoms with van der Waals surface area (Å²) in [6.07, 6.45) is 6.74. The minimum absolute atomic E-state index is 0.764. The Balaban J connectivity index is 1.70. The zero-order valence-electron chi connectivity index (χ0n) is 10.9. The lowest BCUT2D eigenvalue weighted by atomic mass is 10.2. The average molecular weight is 266 g/mol. The molecule has 1 aliphatic heterocycles. The molecule has 0 saturated carbocycles. The first-order chi connectivity index (χ1) is 8.75. The van der Waals surface area contributed by atoms with Gasteiger partial charge in [-0.2, -0.15) is 0 Å². The van der Waals surface area contributed by atoms with E-state index in [0.29, 0.717) is 0 Å². The van der Waals surface area contributed by atoms with E-state index in [2.05, 4.69) is 17.1 Å². The summed E-state index contributed by atoms with van der Waals surface area (Å²) in [5.74, 6) is 0.943. The van der Waals surface area contributed by atoms with Crippen molar-refractivity contribution in [2.45, 2.75) is 19.8 Å². The van der Waals surface area contributed by atoms with Gasteiger partial charge in [-0.3, -0.25) is 4.90 Å². The van der Waals surface area contributed by atoms with Crippen LogP contribution in [0.3, 0.4) is 0 Å². The molecule has 98 valence electrons. The molecule has 18 heavy (non-hydrogen) atoms. The van der Waals surface area contributed by atoms with Crippen molar-refractivity contribution in [1.29, 1.82) is 0 Å². The van der Waals surface area contributed by atoms with Crippen molar-refractivity contribution in [3.63, 3.8) is 0 Å². The molecule has 0 fully saturated rings. The number of benzene rings is 1. The number of hydrogen-bond acceptors (Lipinski definition) is 2. The van der Waals surface area contributed by atoms with E-state index in [1.165, 1.54) is 13.0 Å². The molecule has 3 heteroatoms. The third kappa shape index (κ3) is 4.04. The Morgan fingerprint density at radius 1 is 1.33 bits per heavy atom. The zero-order chi connectivity index (χ0) is 12.8. The van der Waals surface area contributed by atoms with Crippen LogP contribution < -0.4 is 4.74 Å². The first kappa shape index (κ1) is 13.4. The summed E-state index contributed by atoms with van der Waals surface area (Å²) in [5, 5.41) is 0.764. The summed E-state index contributed by atoms with van der Waals surface area (Å²) in [6.45, 7) is 6.16. The van der Waals surface area contributed by atoms with E-state index >= 15 is 0 Å². The van der Waals surface area contributed by atoms with Crippen molar-refractivity contribution in [2.75, 3.05) is 26.2 Å². The minimum Gasteiger partial charge on any atom is -0.493 e. The van der Waals surface area contributed by atoms with Gasteiger partial charge < -0.3 is 4.74 Å². The molecule has 0 unspecified atom stereocenters. The number of rotatable bonds is 5. The first-order valence-corrected chi connectivity index (χ1v) is 6.90. The van der Waals surface area contributed by atoms with Gasteiger partial charge in [0, 0.05) is 24.7 Å². The Bertz CT molecular complexity index is 417. The third-order valence-electron chi connectivity index (χ3n) is 3.16. The highest BCUT2D eigenvalue weighted by molar-refractivity contribution is 6.30. The third-order valence-corrected chi connectivity index (χ3v) is 3.39. The summed E-state index contributed by atoms with van der Waals surface area (Å²) in [4.78, 5) is 2.46. The average Bonchev–Trinajstić information content (AvgIpc) is 2.38. The number of aryl methyl sites for hydroxylation is 1. The number of nitrogens with zero attached hydrogens (tertiary/aromatic N) is 1. The predicted octanol–water partition coefficient (Wildman–Crippen LogP) is 3.68. The minimum atomic E-state index is 0.764. The molecule has 0 spiro atoms. The van der Waals surface area contributed by atoms with Crippen LogP contribution in [0.15, 0.2) is 30.4 Å². The maximum absolute atomic E-state index is 5.91. The zero-order valence-corrected chi connectivity index (χ0v) is 11.6. The number of ether oxygens (including phenoxy) is 1. The lowest BCUT2D eigenvalue weighted by Gasteiger charge is -2.22. The lowest BCUT2D eigenvalue weighted by Crippen LogP contribution is -2.29. The lowest BCUT2D eigenvalue weighted by molar-refractivity contribution is 0.246. The molecule has 0 bridgehead atoms. The molecule has 0 amide bonds. The standard InChI is InChI=1S/C15H20ClNO/c1-13-12-14(16)6-7-15(13)18-11-5-10-17-8-3-2-4-9-17/h2-3,6-7,12H,4-5,8-11H2,1H3. The van der Waals surface area contributed by atoms with Gasteiger partial charge >= 0.3 is 0 Å². The normalized spacial score (nSPS) is 15.9. The van der Waals surface area contributed by atoms with Crippen LogP contribution in [-0.2, 0) is 0 Å². The van der Waals surface area contributed by atoms with E-state index < -0.39 is 0 Å². The molecule has 1 heterocycles. The molecule has 0 aliphatic carbocycles. The van der Waals surface area contributed by atoms with Gasteiger partial charge in [-0.05, 0) is 43.5 Å². The molecule has 2 nitrogen and oxygen atoms in total. The van der Waals surface area contributed by atoms with E-state index in [1.54, 1.807) is 0 Å². The van der Waals surface area contributed by atoms with E-state index in [-0.39, 0.29) is 0 Å². The Kier molecular flexibility index (Phi) is 5.09. The Morgan fingerprint density at radius 2 is 2.22 bits per heavy atom. The topological polar surface area (TPSA) is 12.5 Å². The van der Waals surface area contributed by atoms with Crippen LogP contribution in [0.4, 0.5) is 0 Å². The van der Waals surface area contributed by atoms with E-state index in [4.69, 9.17) is 16.3 Å². The van der Waals surface area contributed by atoms with Crippen LogP contribution in [0, 0.1) is 6.92 Å². The van der Waals surface area contributed by atoms with Crippen molar-refractivity contribution < 1.29 is 4.74 Å². The summed E-state index contributed by atoms with van der Waals surface area (Å²) >= 11 is 5.91. The molecule has 1 aromatic rings. The monoisotopic (exact) mass is 265 g/mol. The van der Waals surface area contributed by atoms with Crippen LogP contribution >= 0.6 is 11.6 Å². The van der Waals surface area contributed by atoms with Crippen molar-refractivity contribution in [1.82, 2.24) is 4.90 Å². The fraction of sp³-hybridized carbons (Fsp3) is 0.467. The van der Waals surface area contributed by atoms with Gasteiger partial charge in [0.25, 0.3) is 0 Å². The van der Waals surface area contributed by atoms with Crippen molar-refractivity contribution in [3.8, 4) is 5.75 Å². The summed E-state index contributed by atoms with van der Waals surface area (Å²) in [7, 11) is 0. The predicted molar refractivity (Wildman–Crippen MR) is 76.5 cm³/mol. The van der Waals surface area contributed by atoms with Crippen LogP contribution in [0.1, 0.15) is 18.4 Å². The first-order valence-electron chi connectivity index (χ1n) is 6.52. The SMILES string of the molecule is Cc1cc(Cl)ccc1OCCCN1CC=CCC1. The number of hydrogen-bond donors (Lipinski definition) is 0. The van der Waals surface area contributed by atoms with Gasteiger partial charge in [0.05, 0.1) is 6.61 Å². The van der Waals surface area contributed by atoms with Gasteiger partial charge in [0.2, 0.25) is 0 Å². The Morgan fingerprint density at radius 3 is 2.94 bits per heavy atom. The molecule has 1 aliphatic rings. The second kappa shape index (κ2) is 6.81. The van der Waals surface area contributed by atoms with Crippen molar-refractivity contribution in [2.24, 2.45) is 0 Å². The van der Waals surface area contributed by atoms with Gasteiger partial charge in [-0.25, -0.2) is 0 Å². The van der Waals surface area contributed by atoms with Gasteiger partial charge in [-0.15, -0.1) is 0 Å². The molecule has 0 atom stereocenters. The quantitative estimate of drug-likeness (QED) is 0.595.